The Hall–Kier alpha value is -3.59. The van der Waals surface area contributed by atoms with E-state index in [4.69, 9.17) is 14.6 Å². The molecule has 0 atom stereocenters. The molecule has 0 aliphatic carbocycles. The highest BCUT2D eigenvalue weighted by Gasteiger charge is 2.37. The number of nitrogens with zero attached hydrogens (tertiary/aromatic N) is 2. The molecule has 1 heterocycles. The summed E-state index contributed by atoms with van der Waals surface area (Å²) in [5.41, 5.74) is 1.71. The van der Waals surface area contributed by atoms with Crippen LogP contribution in [0.2, 0.25) is 0 Å². The maximum atomic E-state index is 12.7. The number of hydrogen-bond acceptors (Lipinski definition) is 8. The molecule has 3 rings (SSSR count). The smallest absolute Gasteiger partial charge is 0.338 e. The number of rotatable bonds is 16. The molecule has 2 N–H and O–H groups in total. The molecule has 44 heavy (non-hydrogen) atoms. The predicted molar refractivity (Wildman–Crippen MR) is 176 cm³/mol. The van der Waals surface area contributed by atoms with Crippen molar-refractivity contribution in [3.05, 3.63) is 77.6 Å². The summed E-state index contributed by atoms with van der Waals surface area (Å²) < 4.78 is 14.6. The number of aromatic nitrogens is 2. The van der Waals surface area contributed by atoms with Gasteiger partial charge in [0.1, 0.15) is 11.4 Å². The van der Waals surface area contributed by atoms with Crippen LogP contribution in [0.15, 0.2) is 65.8 Å². The van der Waals surface area contributed by atoms with Gasteiger partial charge in [-0.25, -0.2) is 14.8 Å². The van der Waals surface area contributed by atoms with E-state index >= 15 is 0 Å². The van der Waals surface area contributed by atoms with Crippen LogP contribution in [0.3, 0.4) is 0 Å². The second-order valence-corrected chi connectivity index (χ2v) is 14.5. The van der Waals surface area contributed by atoms with Crippen molar-refractivity contribution >= 4 is 29.8 Å². The van der Waals surface area contributed by atoms with E-state index in [2.05, 4.69) is 52.8 Å². The van der Waals surface area contributed by atoms with Crippen LogP contribution in [0.1, 0.15) is 95.6 Å². The zero-order valence-corrected chi connectivity index (χ0v) is 27.9. The third kappa shape index (κ3) is 12.2. The van der Waals surface area contributed by atoms with Crippen molar-refractivity contribution in [3.8, 4) is 5.75 Å². The van der Waals surface area contributed by atoms with Crippen LogP contribution in [0.5, 0.6) is 5.75 Å². The summed E-state index contributed by atoms with van der Waals surface area (Å²) in [6.45, 7) is 14.8. The first-order chi connectivity index (χ1) is 20.6. The fraction of sp³-hybridized carbons (Fsp3) is 0.486. The number of anilines is 1. The van der Waals surface area contributed by atoms with Gasteiger partial charge in [0.25, 0.3) is 0 Å². The van der Waals surface area contributed by atoms with Gasteiger partial charge < -0.3 is 14.6 Å². The molecule has 0 bridgehead atoms. The second kappa shape index (κ2) is 15.4. The molecule has 8 nitrogen and oxygen atoms in total. The van der Waals surface area contributed by atoms with Crippen molar-refractivity contribution in [3.63, 3.8) is 0 Å². The second-order valence-electron chi connectivity index (χ2n) is 13.6. The van der Waals surface area contributed by atoms with Gasteiger partial charge in [-0.2, -0.15) is 0 Å². The first-order valence-corrected chi connectivity index (χ1v) is 16.0. The minimum Gasteiger partial charge on any atom is -0.493 e. The third-order valence-corrected chi connectivity index (χ3v) is 7.90. The molecule has 1 aromatic heterocycles. The van der Waals surface area contributed by atoms with Gasteiger partial charge in [0.15, 0.2) is 0 Å². The lowest BCUT2D eigenvalue weighted by Crippen LogP contribution is -2.36. The molecule has 238 valence electrons. The fourth-order valence-electron chi connectivity index (χ4n) is 5.06. The number of esters is 1. The van der Waals surface area contributed by atoms with E-state index in [9.17, 15) is 9.59 Å². The summed E-state index contributed by atoms with van der Waals surface area (Å²) in [5.74, 6) is -0.0417. The van der Waals surface area contributed by atoms with Crippen LogP contribution in [-0.4, -0.2) is 39.2 Å². The predicted octanol–water partition coefficient (Wildman–Crippen LogP) is 8.41. The molecule has 2 aromatic carbocycles. The molecule has 0 unspecified atom stereocenters. The maximum Gasteiger partial charge on any atom is 0.338 e. The Kier molecular flexibility index (Phi) is 12.2. The van der Waals surface area contributed by atoms with E-state index in [1.165, 1.54) is 35.5 Å². The lowest BCUT2D eigenvalue weighted by atomic mass is 9.72. The molecular formula is C35H47N3O5S. The molecule has 0 saturated carbocycles. The minimum atomic E-state index is -1.06. The number of aryl methyl sites for hydroxylation is 1. The zero-order chi connectivity index (χ0) is 32.4. The number of unbranched alkanes of at least 4 members (excludes halogenated alkanes) is 1. The van der Waals surface area contributed by atoms with Crippen LogP contribution >= 0.6 is 11.9 Å². The van der Waals surface area contributed by atoms with E-state index in [0.717, 1.165) is 49.2 Å². The van der Waals surface area contributed by atoms with E-state index in [-0.39, 0.29) is 16.9 Å². The van der Waals surface area contributed by atoms with Crippen LogP contribution in [-0.2, 0) is 22.4 Å². The van der Waals surface area contributed by atoms with E-state index in [1.807, 2.05) is 58.9 Å². The number of carbonyl (C=O) groups excluding carboxylic acids is 1. The molecular weight excluding hydrogens is 574 g/mol. The Morgan fingerprint density at radius 1 is 0.841 bits per heavy atom. The van der Waals surface area contributed by atoms with Crippen molar-refractivity contribution in [1.29, 1.82) is 0 Å². The lowest BCUT2D eigenvalue weighted by molar-refractivity contribution is -0.167. The van der Waals surface area contributed by atoms with Gasteiger partial charge in [-0.15, -0.1) is 0 Å². The Bertz CT molecular complexity index is 1350. The number of carboxylic acid groups (broad SMARTS) is 1. The molecule has 0 saturated heterocycles. The van der Waals surface area contributed by atoms with Crippen molar-refractivity contribution < 1.29 is 24.2 Å². The number of benzene rings is 2. The molecule has 0 amide bonds. The first kappa shape index (κ1) is 34.9. The van der Waals surface area contributed by atoms with E-state index in [0.29, 0.717) is 12.6 Å². The highest BCUT2D eigenvalue weighted by atomic mass is 32.2. The van der Waals surface area contributed by atoms with Crippen LogP contribution in [0, 0.1) is 10.8 Å². The maximum absolute atomic E-state index is 12.7. The summed E-state index contributed by atoms with van der Waals surface area (Å²) in [6.07, 6.45) is 8.51. The molecule has 3 aromatic rings. The van der Waals surface area contributed by atoms with Crippen molar-refractivity contribution in [2.24, 2.45) is 10.8 Å². The van der Waals surface area contributed by atoms with Crippen LogP contribution in [0.4, 0.5) is 5.95 Å². The van der Waals surface area contributed by atoms with Gasteiger partial charge >= 0.3 is 11.9 Å². The number of hydrogen-bond donors (Lipinski definition) is 2. The minimum absolute atomic E-state index is 0.0445. The number of nitrogens with one attached hydrogen (secondary N) is 1. The Labute approximate surface area is 266 Å². The molecule has 9 heteroatoms. The standard InChI is InChI=1S/C35H47N3O5S/c1-33(2,3)43-31(41)35(6,7)24-34(4,5)20-9-8-10-25-11-13-26(14-12-25)19-21-42-28-15-17-29(18-16-28)44-38-32-36-22-27(23-37-32)30(39)40/h11-18,22-23H,8-10,19-21,24H2,1-7H3,(H,39,40)(H,36,37,38). The average molecular weight is 622 g/mol. The topological polar surface area (TPSA) is 111 Å². The van der Waals surface area contributed by atoms with Crippen molar-refractivity contribution in [1.82, 2.24) is 9.97 Å². The highest BCUT2D eigenvalue weighted by molar-refractivity contribution is 8.00. The zero-order valence-electron chi connectivity index (χ0n) is 27.1. The highest BCUT2D eigenvalue weighted by Crippen LogP contribution is 2.39. The Balaban J connectivity index is 1.34. The van der Waals surface area contributed by atoms with Gasteiger partial charge in [0, 0.05) is 23.7 Å². The quantitative estimate of drug-likeness (QED) is 0.0925. The Morgan fingerprint density at radius 3 is 2.00 bits per heavy atom. The summed E-state index contributed by atoms with van der Waals surface area (Å²) in [4.78, 5) is 32.5. The summed E-state index contributed by atoms with van der Waals surface area (Å²) >= 11 is 1.34. The van der Waals surface area contributed by atoms with Gasteiger partial charge in [0.05, 0.1) is 17.6 Å². The van der Waals surface area contributed by atoms with Crippen LogP contribution in [0.25, 0.3) is 0 Å². The largest absolute Gasteiger partial charge is 0.493 e. The normalized spacial score (nSPS) is 12.1. The van der Waals surface area contributed by atoms with Gasteiger partial charge in [-0.1, -0.05) is 44.5 Å². The molecule has 0 aliphatic heterocycles. The average Bonchev–Trinajstić information content (AvgIpc) is 2.94. The summed E-state index contributed by atoms with van der Waals surface area (Å²) in [6, 6.07) is 16.5. The third-order valence-electron chi connectivity index (χ3n) is 7.11. The lowest BCUT2D eigenvalue weighted by Gasteiger charge is -2.35. The molecule has 0 fully saturated rings. The van der Waals surface area contributed by atoms with Crippen LogP contribution < -0.4 is 9.46 Å². The van der Waals surface area contributed by atoms with Gasteiger partial charge in [-0.3, -0.25) is 9.52 Å². The molecule has 0 spiro atoms. The Morgan fingerprint density at radius 2 is 1.43 bits per heavy atom. The van der Waals surface area contributed by atoms with E-state index < -0.39 is 17.0 Å². The monoisotopic (exact) mass is 621 g/mol. The fourth-order valence-corrected chi connectivity index (χ4v) is 5.65. The number of carboxylic acids is 1. The summed E-state index contributed by atoms with van der Waals surface area (Å²) in [7, 11) is 0. The summed E-state index contributed by atoms with van der Waals surface area (Å²) in [5, 5.41) is 8.93. The molecule has 0 aliphatic rings. The SMILES string of the molecule is CC(C)(CCCCc1ccc(CCOc2ccc(SNc3ncc(C(=O)O)cn3)cc2)cc1)CC(C)(C)C(=O)OC(C)(C)C. The first-order valence-electron chi connectivity index (χ1n) is 15.1. The van der Waals surface area contributed by atoms with Gasteiger partial charge in [0.2, 0.25) is 5.95 Å². The number of ether oxygens (including phenoxy) is 2. The number of carbonyl (C=O) groups is 2. The number of aromatic carboxylic acids is 1. The molecule has 0 radical (unpaired) electrons. The van der Waals surface area contributed by atoms with Crippen molar-refractivity contribution in [2.45, 2.75) is 97.5 Å². The van der Waals surface area contributed by atoms with Gasteiger partial charge in [-0.05, 0) is 113 Å². The van der Waals surface area contributed by atoms with E-state index in [1.54, 1.807) is 0 Å². The van der Waals surface area contributed by atoms with Crippen molar-refractivity contribution in [2.75, 3.05) is 11.3 Å².